The van der Waals surface area contributed by atoms with Gasteiger partial charge in [0, 0.05) is 31.0 Å². The summed E-state index contributed by atoms with van der Waals surface area (Å²) >= 11 is 0. The van der Waals surface area contributed by atoms with Crippen LogP contribution in [0, 0.1) is 5.41 Å². The molecule has 0 aromatic carbocycles. The number of ether oxygens (including phenoxy) is 1. The van der Waals surface area contributed by atoms with Gasteiger partial charge >= 0.3 is 0 Å². The van der Waals surface area contributed by atoms with E-state index in [0.717, 1.165) is 6.42 Å². The van der Waals surface area contributed by atoms with E-state index >= 15 is 0 Å². The van der Waals surface area contributed by atoms with Gasteiger partial charge < -0.3 is 15.0 Å². The van der Waals surface area contributed by atoms with Crippen LogP contribution in [0.5, 0.6) is 0 Å². The van der Waals surface area contributed by atoms with Crippen LogP contribution in [0.25, 0.3) is 0 Å². The second-order valence-corrected chi connectivity index (χ2v) is 6.94. The molecule has 5 nitrogen and oxygen atoms in total. The van der Waals surface area contributed by atoms with Gasteiger partial charge in [-0.15, -0.1) is 0 Å². The number of rotatable bonds is 3. The summed E-state index contributed by atoms with van der Waals surface area (Å²) in [5.74, 6) is -0.0410. The zero-order valence-corrected chi connectivity index (χ0v) is 13.2. The van der Waals surface area contributed by atoms with E-state index in [9.17, 15) is 9.59 Å². The van der Waals surface area contributed by atoms with Gasteiger partial charge in [0.15, 0.2) is 0 Å². The van der Waals surface area contributed by atoms with E-state index in [1.54, 1.807) is 13.8 Å². The first-order chi connectivity index (χ1) is 9.20. The van der Waals surface area contributed by atoms with Gasteiger partial charge in [-0.25, -0.2) is 0 Å². The molecule has 114 valence electrons. The van der Waals surface area contributed by atoms with Crippen LogP contribution in [0.4, 0.5) is 0 Å². The number of hydrogen-bond acceptors (Lipinski definition) is 3. The Balaban J connectivity index is 2.16. The van der Waals surface area contributed by atoms with Gasteiger partial charge in [0.25, 0.3) is 0 Å². The molecule has 2 atom stereocenters. The Bertz CT molecular complexity index is 417. The molecule has 0 spiro atoms. The summed E-state index contributed by atoms with van der Waals surface area (Å²) in [5, 5.41) is 2.80. The predicted octanol–water partition coefficient (Wildman–Crippen LogP) is 1.32. The SMILES string of the molecule is CCOC1CC(N2CCC(=O)NC(C)(C)C2=O)C1(C)C. The molecule has 0 aromatic heterocycles. The lowest BCUT2D eigenvalue weighted by Gasteiger charge is -2.56. The molecule has 2 unspecified atom stereocenters. The molecule has 2 fully saturated rings. The van der Waals surface area contributed by atoms with Gasteiger partial charge in [-0.05, 0) is 27.2 Å². The largest absolute Gasteiger partial charge is 0.378 e. The molecular formula is C15H26N2O3. The van der Waals surface area contributed by atoms with E-state index in [1.165, 1.54) is 0 Å². The molecule has 0 bridgehead atoms. The standard InChI is InChI=1S/C15H26N2O3/c1-6-20-11-9-10(14(11,2)3)17-8-7-12(18)16-15(4,5)13(17)19/h10-11H,6-9H2,1-5H3,(H,16,18). The Morgan fingerprint density at radius 3 is 2.50 bits per heavy atom. The minimum absolute atomic E-state index is 0.0105. The summed E-state index contributed by atoms with van der Waals surface area (Å²) in [5.41, 5.74) is -0.879. The average molecular weight is 282 g/mol. The maximum Gasteiger partial charge on any atom is 0.248 e. The van der Waals surface area contributed by atoms with Crippen molar-refractivity contribution < 1.29 is 14.3 Å². The molecule has 1 aliphatic heterocycles. The van der Waals surface area contributed by atoms with Crippen molar-refractivity contribution >= 4 is 11.8 Å². The number of nitrogens with one attached hydrogen (secondary N) is 1. The van der Waals surface area contributed by atoms with Crippen LogP contribution in [0.3, 0.4) is 0 Å². The van der Waals surface area contributed by atoms with Gasteiger partial charge in [0.2, 0.25) is 11.8 Å². The maximum absolute atomic E-state index is 12.7. The summed E-state index contributed by atoms with van der Waals surface area (Å²) in [7, 11) is 0. The molecule has 1 saturated heterocycles. The van der Waals surface area contributed by atoms with E-state index in [4.69, 9.17) is 4.74 Å². The molecule has 5 heteroatoms. The highest BCUT2D eigenvalue weighted by Crippen LogP contribution is 2.46. The zero-order valence-electron chi connectivity index (χ0n) is 13.2. The second-order valence-electron chi connectivity index (χ2n) is 6.94. The smallest absolute Gasteiger partial charge is 0.248 e. The van der Waals surface area contributed by atoms with E-state index in [0.29, 0.717) is 19.6 Å². The minimum Gasteiger partial charge on any atom is -0.378 e. The molecule has 0 radical (unpaired) electrons. The van der Waals surface area contributed by atoms with Gasteiger partial charge in [0.05, 0.1) is 6.10 Å². The number of carbonyl (C=O) groups excluding carboxylic acids is 2. The lowest BCUT2D eigenvalue weighted by Crippen LogP contribution is -2.66. The van der Waals surface area contributed by atoms with Crippen LogP contribution in [0.1, 0.15) is 47.5 Å². The van der Waals surface area contributed by atoms with E-state index in [-0.39, 0.29) is 29.4 Å². The van der Waals surface area contributed by atoms with Crippen molar-refractivity contribution in [2.75, 3.05) is 13.2 Å². The fraction of sp³-hybridized carbons (Fsp3) is 0.867. The maximum atomic E-state index is 12.7. The van der Waals surface area contributed by atoms with Gasteiger partial charge in [-0.1, -0.05) is 13.8 Å². The highest BCUT2D eigenvalue weighted by atomic mass is 16.5. The predicted molar refractivity (Wildman–Crippen MR) is 76.2 cm³/mol. The van der Waals surface area contributed by atoms with Crippen molar-refractivity contribution in [2.24, 2.45) is 5.41 Å². The molecule has 20 heavy (non-hydrogen) atoms. The third kappa shape index (κ3) is 2.43. The summed E-state index contributed by atoms with van der Waals surface area (Å²) in [4.78, 5) is 26.3. The van der Waals surface area contributed by atoms with E-state index in [1.807, 2.05) is 11.8 Å². The Hall–Kier alpha value is -1.10. The third-order valence-corrected chi connectivity index (χ3v) is 4.70. The number of nitrogens with zero attached hydrogens (tertiary/aromatic N) is 1. The fourth-order valence-electron chi connectivity index (χ4n) is 3.32. The zero-order chi connectivity index (χ0) is 15.1. The van der Waals surface area contributed by atoms with Crippen molar-refractivity contribution in [3.8, 4) is 0 Å². The number of carbonyl (C=O) groups is 2. The van der Waals surface area contributed by atoms with E-state index < -0.39 is 5.54 Å². The second kappa shape index (κ2) is 5.02. The molecular weight excluding hydrogens is 256 g/mol. The normalized spacial score (nSPS) is 32.4. The topological polar surface area (TPSA) is 58.6 Å². The van der Waals surface area contributed by atoms with Crippen molar-refractivity contribution in [1.29, 1.82) is 0 Å². The van der Waals surface area contributed by atoms with Crippen molar-refractivity contribution in [2.45, 2.75) is 65.1 Å². The molecule has 2 rings (SSSR count). The molecule has 2 amide bonds. The van der Waals surface area contributed by atoms with Crippen LogP contribution < -0.4 is 5.32 Å². The van der Waals surface area contributed by atoms with Crippen LogP contribution in [-0.4, -0.2) is 47.6 Å². The highest BCUT2D eigenvalue weighted by Gasteiger charge is 2.54. The van der Waals surface area contributed by atoms with Gasteiger partial charge in [-0.3, -0.25) is 9.59 Å². The van der Waals surface area contributed by atoms with Crippen LogP contribution in [0.15, 0.2) is 0 Å². The first-order valence-corrected chi connectivity index (χ1v) is 7.44. The highest BCUT2D eigenvalue weighted by molar-refractivity contribution is 5.93. The number of amides is 2. The Morgan fingerprint density at radius 2 is 1.95 bits per heavy atom. The number of hydrogen-bond donors (Lipinski definition) is 1. The molecule has 0 aromatic rings. The monoisotopic (exact) mass is 282 g/mol. The lowest BCUT2D eigenvalue weighted by atomic mass is 9.63. The van der Waals surface area contributed by atoms with Crippen LogP contribution in [0.2, 0.25) is 0 Å². The van der Waals surface area contributed by atoms with Crippen LogP contribution >= 0.6 is 0 Å². The van der Waals surface area contributed by atoms with Crippen LogP contribution in [-0.2, 0) is 14.3 Å². The Morgan fingerprint density at radius 1 is 1.30 bits per heavy atom. The van der Waals surface area contributed by atoms with Crippen molar-refractivity contribution in [3.63, 3.8) is 0 Å². The average Bonchev–Trinajstić information content (AvgIpc) is 2.44. The third-order valence-electron chi connectivity index (χ3n) is 4.70. The molecule has 1 saturated carbocycles. The first kappa shape index (κ1) is 15.3. The fourth-order valence-corrected chi connectivity index (χ4v) is 3.32. The first-order valence-electron chi connectivity index (χ1n) is 7.44. The molecule has 1 aliphatic carbocycles. The van der Waals surface area contributed by atoms with Crippen molar-refractivity contribution in [1.82, 2.24) is 10.2 Å². The molecule has 2 aliphatic rings. The molecule has 1 heterocycles. The summed E-state index contributed by atoms with van der Waals surface area (Å²) in [6.45, 7) is 11.0. The molecule has 1 N–H and O–H groups in total. The minimum atomic E-state index is -0.819. The summed E-state index contributed by atoms with van der Waals surface area (Å²) in [6.07, 6.45) is 1.43. The Kier molecular flexibility index (Phi) is 3.84. The Labute approximate surface area is 121 Å². The summed E-state index contributed by atoms with van der Waals surface area (Å²) < 4.78 is 5.73. The quantitative estimate of drug-likeness (QED) is 0.849. The van der Waals surface area contributed by atoms with Crippen molar-refractivity contribution in [3.05, 3.63) is 0 Å². The summed E-state index contributed by atoms with van der Waals surface area (Å²) in [6, 6.07) is 0.151. The van der Waals surface area contributed by atoms with Gasteiger partial charge in [-0.2, -0.15) is 0 Å². The lowest BCUT2D eigenvalue weighted by molar-refractivity contribution is -0.169. The van der Waals surface area contributed by atoms with Gasteiger partial charge in [0.1, 0.15) is 5.54 Å². The van der Waals surface area contributed by atoms with E-state index in [2.05, 4.69) is 19.2 Å².